The highest BCUT2D eigenvalue weighted by atomic mass is 16.1. The molecule has 0 bridgehead atoms. The van der Waals surface area contributed by atoms with Crippen LogP contribution in [0, 0.1) is 0 Å². The molecule has 0 N–H and O–H groups in total. The lowest BCUT2D eigenvalue weighted by Gasteiger charge is -1.99. The highest BCUT2D eigenvalue weighted by Crippen LogP contribution is 2.09. The van der Waals surface area contributed by atoms with Crippen LogP contribution in [0.25, 0.3) is 0 Å². The fourth-order valence-corrected chi connectivity index (χ4v) is 1.95. The maximum Gasteiger partial charge on any atom is 0.181 e. The van der Waals surface area contributed by atoms with Gasteiger partial charge < -0.3 is 0 Å². The molecule has 5 nitrogen and oxygen atoms in total. The third-order valence-electron chi connectivity index (χ3n) is 2.98. The first-order chi connectivity index (χ1) is 8.60. The minimum absolute atomic E-state index is 0.133. The molecule has 0 atom stereocenters. The van der Waals surface area contributed by atoms with E-state index >= 15 is 0 Å². The molecule has 2 aromatic heterocycles. The van der Waals surface area contributed by atoms with Crippen LogP contribution in [-0.4, -0.2) is 25.3 Å². The van der Waals surface area contributed by atoms with Gasteiger partial charge in [0.1, 0.15) is 5.69 Å². The largest absolute Gasteiger partial charge is 0.292 e. The van der Waals surface area contributed by atoms with Gasteiger partial charge in [0, 0.05) is 26.7 Å². The molecule has 0 fully saturated rings. The number of carbonyl (C=O) groups excluding carboxylic acids is 1. The second-order valence-electron chi connectivity index (χ2n) is 4.44. The average molecular weight is 246 g/mol. The van der Waals surface area contributed by atoms with Crippen molar-refractivity contribution >= 4 is 5.78 Å². The van der Waals surface area contributed by atoms with E-state index in [1.165, 1.54) is 0 Å². The van der Waals surface area contributed by atoms with E-state index in [0.29, 0.717) is 12.1 Å². The molecule has 96 valence electrons. The summed E-state index contributed by atoms with van der Waals surface area (Å²) in [4.78, 5) is 12.1. The monoisotopic (exact) mass is 246 g/mol. The number of rotatable bonds is 5. The van der Waals surface area contributed by atoms with Crippen molar-refractivity contribution in [3.63, 3.8) is 0 Å². The van der Waals surface area contributed by atoms with E-state index < -0.39 is 0 Å². The van der Waals surface area contributed by atoms with Crippen molar-refractivity contribution in [2.75, 3.05) is 0 Å². The minimum atomic E-state index is 0.133. The Balaban J connectivity index is 2.01. The van der Waals surface area contributed by atoms with Gasteiger partial charge in [0.15, 0.2) is 5.78 Å². The Kier molecular flexibility index (Phi) is 3.60. The highest BCUT2D eigenvalue weighted by Gasteiger charge is 2.12. The van der Waals surface area contributed by atoms with Crippen molar-refractivity contribution in [2.45, 2.75) is 26.2 Å². The summed E-state index contributed by atoms with van der Waals surface area (Å²) >= 11 is 0. The van der Waals surface area contributed by atoms with Crippen LogP contribution < -0.4 is 0 Å². The van der Waals surface area contributed by atoms with Gasteiger partial charge in [0.2, 0.25) is 0 Å². The van der Waals surface area contributed by atoms with Gasteiger partial charge in [-0.15, -0.1) is 0 Å². The van der Waals surface area contributed by atoms with Crippen molar-refractivity contribution in [3.05, 3.63) is 35.4 Å². The molecule has 0 saturated heterocycles. The predicted octanol–water partition coefficient (Wildman–Crippen LogP) is 1.53. The molecule has 0 amide bonds. The third kappa shape index (κ3) is 2.67. The van der Waals surface area contributed by atoms with E-state index in [1.54, 1.807) is 15.6 Å². The molecule has 0 unspecified atom stereocenters. The van der Waals surface area contributed by atoms with Crippen LogP contribution >= 0.6 is 0 Å². The lowest BCUT2D eigenvalue weighted by atomic mass is 10.1. The number of hydrogen-bond acceptors (Lipinski definition) is 3. The van der Waals surface area contributed by atoms with Gasteiger partial charge in [0.05, 0.1) is 11.9 Å². The van der Waals surface area contributed by atoms with Gasteiger partial charge in [-0.2, -0.15) is 10.2 Å². The summed E-state index contributed by atoms with van der Waals surface area (Å²) in [6, 6.07) is 1.88. The molecule has 0 radical (unpaired) electrons. The van der Waals surface area contributed by atoms with Crippen LogP contribution in [0.1, 0.15) is 35.1 Å². The summed E-state index contributed by atoms with van der Waals surface area (Å²) in [5.74, 6) is 0.133. The quantitative estimate of drug-likeness (QED) is 0.752. The number of aromatic nitrogens is 4. The first-order valence-electron chi connectivity index (χ1n) is 6.13. The Morgan fingerprint density at radius 1 is 1.39 bits per heavy atom. The topological polar surface area (TPSA) is 52.7 Å². The minimum Gasteiger partial charge on any atom is -0.292 e. The summed E-state index contributed by atoms with van der Waals surface area (Å²) in [5, 5.41) is 8.38. The Bertz CT molecular complexity index is 553. The molecule has 0 aliphatic heterocycles. The smallest absolute Gasteiger partial charge is 0.181 e. The normalized spacial score (nSPS) is 10.8. The van der Waals surface area contributed by atoms with Crippen molar-refractivity contribution in [2.24, 2.45) is 14.1 Å². The summed E-state index contributed by atoms with van der Waals surface area (Å²) in [6.45, 7) is 2.03. The number of hydrogen-bond donors (Lipinski definition) is 0. The number of aryl methyl sites for hydroxylation is 4. The van der Waals surface area contributed by atoms with Gasteiger partial charge in [0.25, 0.3) is 0 Å². The van der Waals surface area contributed by atoms with Crippen LogP contribution in [0.5, 0.6) is 0 Å². The molecule has 0 saturated carbocycles. The Hall–Kier alpha value is -1.91. The van der Waals surface area contributed by atoms with Crippen molar-refractivity contribution in [1.29, 1.82) is 0 Å². The van der Waals surface area contributed by atoms with Crippen LogP contribution in [-0.2, 0) is 26.9 Å². The molecular formula is C13H18N4O. The second-order valence-corrected chi connectivity index (χ2v) is 4.44. The summed E-state index contributed by atoms with van der Waals surface area (Å²) in [7, 11) is 3.69. The summed E-state index contributed by atoms with van der Waals surface area (Å²) in [6.07, 6.45) is 5.80. The molecule has 0 aliphatic carbocycles. The van der Waals surface area contributed by atoms with E-state index in [0.717, 1.165) is 24.1 Å². The number of nitrogens with zero attached hydrogens (tertiary/aromatic N) is 4. The molecular weight excluding hydrogens is 228 g/mol. The van der Waals surface area contributed by atoms with E-state index in [2.05, 4.69) is 10.2 Å². The molecule has 2 aromatic rings. The Morgan fingerprint density at radius 3 is 2.72 bits per heavy atom. The van der Waals surface area contributed by atoms with Crippen molar-refractivity contribution < 1.29 is 4.79 Å². The van der Waals surface area contributed by atoms with Crippen LogP contribution in [0.3, 0.4) is 0 Å². The van der Waals surface area contributed by atoms with Crippen LogP contribution in [0.15, 0.2) is 18.5 Å². The molecule has 0 aromatic carbocycles. The maximum atomic E-state index is 12.1. The van der Waals surface area contributed by atoms with Crippen molar-refractivity contribution in [3.8, 4) is 0 Å². The zero-order valence-corrected chi connectivity index (χ0v) is 11.1. The molecule has 5 heteroatoms. The van der Waals surface area contributed by atoms with Gasteiger partial charge in [-0.3, -0.25) is 14.2 Å². The van der Waals surface area contributed by atoms with E-state index in [-0.39, 0.29) is 5.78 Å². The van der Waals surface area contributed by atoms with Gasteiger partial charge in [-0.1, -0.05) is 6.92 Å². The zero-order chi connectivity index (χ0) is 13.1. The summed E-state index contributed by atoms with van der Waals surface area (Å²) < 4.78 is 3.42. The number of Topliss-reactive ketones (excluding diaryl/α,β-unsaturated/α-hetero) is 1. The lowest BCUT2D eigenvalue weighted by molar-refractivity contribution is 0.0973. The molecule has 2 heterocycles. The first-order valence-corrected chi connectivity index (χ1v) is 6.13. The Labute approximate surface area is 106 Å². The summed E-state index contributed by atoms with van der Waals surface area (Å²) in [5.41, 5.74) is 2.74. The van der Waals surface area contributed by atoms with E-state index in [1.807, 2.05) is 33.3 Å². The predicted molar refractivity (Wildman–Crippen MR) is 68.4 cm³/mol. The first kappa shape index (κ1) is 12.5. The second kappa shape index (κ2) is 5.16. The maximum absolute atomic E-state index is 12.1. The number of ketones is 1. The molecule has 0 aliphatic rings. The Morgan fingerprint density at radius 2 is 2.17 bits per heavy atom. The third-order valence-corrected chi connectivity index (χ3v) is 2.98. The number of carbonyl (C=O) groups is 1. The lowest BCUT2D eigenvalue weighted by Crippen LogP contribution is -2.07. The van der Waals surface area contributed by atoms with Gasteiger partial charge in [-0.05, 0) is 24.5 Å². The van der Waals surface area contributed by atoms with Crippen molar-refractivity contribution in [1.82, 2.24) is 19.6 Å². The van der Waals surface area contributed by atoms with Crippen LogP contribution in [0.2, 0.25) is 0 Å². The zero-order valence-electron chi connectivity index (χ0n) is 11.1. The SMILES string of the molecule is CCc1cc(C(=O)CCc2cnn(C)c2)n(C)n1. The molecule has 18 heavy (non-hydrogen) atoms. The molecule has 2 rings (SSSR count). The van der Waals surface area contributed by atoms with Crippen LogP contribution in [0.4, 0.5) is 0 Å². The molecule has 0 spiro atoms. The highest BCUT2D eigenvalue weighted by molar-refractivity contribution is 5.94. The fraction of sp³-hybridized carbons (Fsp3) is 0.462. The van der Waals surface area contributed by atoms with E-state index in [4.69, 9.17) is 0 Å². The van der Waals surface area contributed by atoms with E-state index in [9.17, 15) is 4.79 Å². The fourth-order valence-electron chi connectivity index (χ4n) is 1.95. The standard InChI is InChI=1S/C13H18N4O/c1-4-11-7-12(17(3)15-11)13(18)6-5-10-8-14-16(2)9-10/h7-9H,4-6H2,1-3H3. The van der Waals surface area contributed by atoms with Gasteiger partial charge >= 0.3 is 0 Å². The van der Waals surface area contributed by atoms with Gasteiger partial charge in [-0.25, -0.2) is 0 Å². The average Bonchev–Trinajstić information content (AvgIpc) is 2.92.